The number of fused-ring (bicyclic) bond motifs is 1. The maximum Gasteiger partial charge on any atom is 0.417 e. The summed E-state index contributed by atoms with van der Waals surface area (Å²) in [6.45, 7) is 4.19. The highest BCUT2D eigenvalue weighted by atomic mass is 19.4. The molecule has 0 saturated carbocycles. The molecule has 4 aromatic rings. The van der Waals surface area contributed by atoms with Crippen LogP contribution < -0.4 is 10.6 Å². The number of likely N-dealkylation sites (tertiary alicyclic amines) is 1. The molecule has 0 unspecified atom stereocenters. The highest BCUT2D eigenvalue weighted by Crippen LogP contribution is 2.37. The predicted molar refractivity (Wildman–Crippen MR) is 158 cm³/mol. The maximum absolute atomic E-state index is 13.6. The van der Waals surface area contributed by atoms with E-state index in [-0.39, 0.29) is 11.3 Å². The molecule has 2 aromatic carbocycles. The molecule has 0 spiro atoms. The molecule has 0 bridgehead atoms. The Morgan fingerprint density at radius 2 is 1.83 bits per heavy atom. The molecule has 5 rings (SSSR count). The summed E-state index contributed by atoms with van der Waals surface area (Å²) in [6, 6.07) is 14.6. The Morgan fingerprint density at radius 3 is 2.63 bits per heavy atom. The van der Waals surface area contributed by atoms with Crippen LogP contribution in [-0.4, -0.2) is 59.3 Å². The summed E-state index contributed by atoms with van der Waals surface area (Å²) in [5.41, 5.74) is 2.67. The molecule has 212 valence electrons. The largest absolute Gasteiger partial charge is 0.417 e. The Morgan fingerprint density at radius 1 is 1.00 bits per heavy atom. The molecule has 0 amide bonds. The van der Waals surface area contributed by atoms with Crippen LogP contribution in [0.2, 0.25) is 0 Å². The van der Waals surface area contributed by atoms with Gasteiger partial charge in [0.15, 0.2) is 0 Å². The van der Waals surface area contributed by atoms with E-state index >= 15 is 0 Å². The average Bonchev–Trinajstić information content (AvgIpc) is 2.99. The number of allylic oxidation sites excluding steroid dienone is 1. The Bertz CT molecular complexity index is 1540. The zero-order chi connectivity index (χ0) is 28.7. The van der Waals surface area contributed by atoms with Gasteiger partial charge in [0.05, 0.1) is 16.8 Å². The Balaban J connectivity index is 1.36. The molecule has 2 aromatic heterocycles. The van der Waals surface area contributed by atoms with E-state index in [1.54, 1.807) is 25.2 Å². The number of anilines is 2. The van der Waals surface area contributed by atoms with Crippen LogP contribution in [0.25, 0.3) is 27.7 Å². The van der Waals surface area contributed by atoms with Crippen LogP contribution in [0.1, 0.15) is 30.4 Å². The van der Waals surface area contributed by atoms with E-state index in [0.717, 1.165) is 54.3 Å². The van der Waals surface area contributed by atoms with Crippen LogP contribution in [0.5, 0.6) is 0 Å². The first-order valence-corrected chi connectivity index (χ1v) is 13.7. The zero-order valence-corrected chi connectivity index (χ0v) is 22.8. The lowest BCUT2D eigenvalue weighted by atomic mass is 10.0. The SMILES string of the molecule is CN=C/C(=C\NCCN1CCCCC1)c1ccc2c(Nc3ccnc(-c4ccccc4C(F)(F)F)c3)ncnc2c1. The van der Waals surface area contributed by atoms with Crippen molar-refractivity contribution >= 4 is 34.2 Å². The first kappa shape index (κ1) is 28.2. The van der Waals surface area contributed by atoms with Crippen LogP contribution in [0.15, 0.2) is 78.3 Å². The Hall–Kier alpha value is -4.31. The van der Waals surface area contributed by atoms with E-state index in [0.29, 0.717) is 11.5 Å². The molecule has 3 heterocycles. The lowest BCUT2D eigenvalue weighted by Crippen LogP contribution is -2.34. The Kier molecular flexibility index (Phi) is 8.88. The molecule has 7 nitrogen and oxygen atoms in total. The fourth-order valence-corrected chi connectivity index (χ4v) is 5.00. The smallest absolute Gasteiger partial charge is 0.389 e. The number of nitrogens with one attached hydrogen (secondary N) is 2. The monoisotopic (exact) mass is 559 g/mol. The van der Waals surface area contributed by atoms with Gasteiger partial charge in [0.2, 0.25) is 0 Å². The fraction of sp³-hybridized carbons (Fsp3) is 0.290. The highest BCUT2D eigenvalue weighted by Gasteiger charge is 2.33. The standard InChI is InChI=1S/C31H32F3N7/c1-35-19-23(20-36-13-16-41-14-5-2-6-15-41)22-9-10-26-28(17-22)38-21-39-30(26)40-24-11-12-37-29(18-24)25-7-3-4-8-27(25)31(32,33)34/h3-4,7-12,17-21,36H,2,5-6,13-16H2,1H3,(H,37,38,39,40)/b23-20+,35-19?. The van der Waals surface area contributed by atoms with E-state index in [2.05, 4.69) is 35.5 Å². The molecule has 0 radical (unpaired) electrons. The zero-order valence-electron chi connectivity index (χ0n) is 22.8. The molecule has 10 heteroatoms. The number of pyridine rings is 1. The van der Waals surface area contributed by atoms with Crippen molar-refractivity contribution in [2.45, 2.75) is 25.4 Å². The van der Waals surface area contributed by atoms with E-state index < -0.39 is 11.7 Å². The van der Waals surface area contributed by atoms with E-state index in [1.807, 2.05) is 30.6 Å². The minimum atomic E-state index is -4.49. The third kappa shape index (κ3) is 7.07. The van der Waals surface area contributed by atoms with Crippen LogP contribution in [0, 0.1) is 0 Å². The van der Waals surface area contributed by atoms with Gasteiger partial charge in [-0.15, -0.1) is 0 Å². The molecule has 2 N–H and O–H groups in total. The van der Waals surface area contributed by atoms with Gasteiger partial charge < -0.3 is 15.5 Å². The lowest BCUT2D eigenvalue weighted by molar-refractivity contribution is -0.137. The van der Waals surface area contributed by atoms with Gasteiger partial charge in [-0.05, 0) is 61.8 Å². The number of nitrogens with zero attached hydrogens (tertiary/aromatic N) is 5. The molecular formula is C31H32F3N7. The minimum Gasteiger partial charge on any atom is -0.389 e. The minimum absolute atomic E-state index is 0.0160. The maximum atomic E-state index is 13.6. The number of halogens is 3. The summed E-state index contributed by atoms with van der Waals surface area (Å²) in [4.78, 5) is 19.8. The Labute approximate surface area is 237 Å². The highest BCUT2D eigenvalue weighted by molar-refractivity contribution is 6.10. The second-order valence-corrected chi connectivity index (χ2v) is 9.90. The molecule has 1 fully saturated rings. The van der Waals surface area contributed by atoms with Crippen molar-refractivity contribution in [3.63, 3.8) is 0 Å². The summed E-state index contributed by atoms with van der Waals surface area (Å²) in [5, 5.41) is 7.43. The van der Waals surface area contributed by atoms with Crippen molar-refractivity contribution in [1.82, 2.24) is 25.2 Å². The van der Waals surface area contributed by atoms with Gasteiger partial charge in [0.25, 0.3) is 0 Å². The molecule has 1 aliphatic heterocycles. The van der Waals surface area contributed by atoms with Gasteiger partial charge >= 0.3 is 6.18 Å². The van der Waals surface area contributed by atoms with E-state index in [9.17, 15) is 13.2 Å². The second-order valence-electron chi connectivity index (χ2n) is 9.90. The average molecular weight is 560 g/mol. The summed E-state index contributed by atoms with van der Waals surface area (Å²) < 4.78 is 40.7. The topological polar surface area (TPSA) is 78.3 Å². The van der Waals surface area contributed by atoms with Crippen molar-refractivity contribution in [3.05, 3.63) is 84.4 Å². The van der Waals surface area contributed by atoms with Gasteiger partial charge in [0, 0.05) is 61.0 Å². The van der Waals surface area contributed by atoms with E-state index in [1.165, 1.54) is 43.9 Å². The second kappa shape index (κ2) is 12.9. The van der Waals surface area contributed by atoms with Crippen molar-refractivity contribution in [3.8, 4) is 11.3 Å². The number of aliphatic imine (C=N–C) groups is 1. The number of piperidine rings is 1. The normalized spacial score (nSPS) is 15.0. The molecule has 1 aliphatic rings. The van der Waals surface area contributed by atoms with Crippen LogP contribution in [0.4, 0.5) is 24.7 Å². The third-order valence-electron chi connectivity index (χ3n) is 7.05. The first-order chi connectivity index (χ1) is 19.9. The fourth-order valence-electron chi connectivity index (χ4n) is 5.00. The van der Waals surface area contributed by atoms with Gasteiger partial charge in [-0.25, -0.2) is 9.97 Å². The van der Waals surface area contributed by atoms with E-state index in [4.69, 9.17) is 0 Å². The number of hydrogen-bond acceptors (Lipinski definition) is 7. The van der Waals surface area contributed by atoms with Crippen LogP contribution in [-0.2, 0) is 6.18 Å². The first-order valence-electron chi connectivity index (χ1n) is 13.7. The van der Waals surface area contributed by atoms with Gasteiger partial charge in [-0.3, -0.25) is 9.98 Å². The summed E-state index contributed by atoms with van der Waals surface area (Å²) >= 11 is 0. The van der Waals surface area contributed by atoms with Crippen LogP contribution in [0.3, 0.4) is 0 Å². The molecule has 1 saturated heterocycles. The summed E-state index contributed by atoms with van der Waals surface area (Å²) in [6.07, 6.45) is 6.12. The lowest BCUT2D eigenvalue weighted by Gasteiger charge is -2.26. The van der Waals surface area contributed by atoms with Gasteiger partial charge in [0.1, 0.15) is 12.1 Å². The van der Waals surface area contributed by atoms with Crippen LogP contribution >= 0.6 is 0 Å². The summed E-state index contributed by atoms with van der Waals surface area (Å²) in [7, 11) is 1.74. The predicted octanol–water partition coefficient (Wildman–Crippen LogP) is 6.57. The molecule has 0 atom stereocenters. The van der Waals surface area contributed by atoms with Gasteiger partial charge in [-0.1, -0.05) is 30.7 Å². The molecular weight excluding hydrogens is 527 g/mol. The number of benzene rings is 2. The number of rotatable bonds is 9. The number of aromatic nitrogens is 3. The quantitative estimate of drug-likeness (QED) is 0.178. The van der Waals surface area contributed by atoms with Crippen molar-refractivity contribution in [1.29, 1.82) is 0 Å². The number of hydrogen-bond donors (Lipinski definition) is 2. The molecule has 0 aliphatic carbocycles. The number of alkyl halides is 3. The van der Waals surface area contributed by atoms with Crippen molar-refractivity contribution < 1.29 is 13.2 Å². The third-order valence-corrected chi connectivity index (χ3v) is 7.05. The van der Waals surface area contributed by atoms with Crippen molar-refractivity contribution in [2.24, 2.45) is 4.99 Å². The van der Waals surface area contributed by atoms with Gasteiger partial charge in [-0.2, -0.15) is 13.2 Å². The van der Waals surface area contributed by atoms with Crippen molar-refractivity contribution in [2.75, 3.05) is 38.5 Å². The summed E-state index contributed by atoms with van der Waals surface area (Å²) in [5.74, 6) is 0.539. The molecule has 41 heavy (non-hydrogen) atoms.